The van der Waals surface area contributed by atoms with Gasteiger partial charge in [0.2, 0.25) is 11.6 Å². The van der Waals surface area contributed by atoms with E-state index in [2.05, 4.69) is 14.8 Å². The Morgan fingerprint density at radius 3 is 2.19 bits per heavy atom. The summed E-state index contributed by atoms with van der Waals surface area (Å²) in [6.07, 6.45) is 5.21. The van der Waals surface area contributed by atoms with Crippen LogP contribution in [0.3, 0.4) is 0 Å². The van der Waals surface area contributed by atoms with Crippen LogP contribution in [0.1, 0.15) is 71.4 Å². The molecule has 3 aliphatic rings. The van der Waals surface area contributed by atoms with Gasteiger partial charge in [-0.1, -0.05) is 32.1 Å². The first-order valence-electron chi connectivity index (χ1n) is 20.6. The zero-order valence-corrected chi connectivity index (χ0v) is 37.3. The van der Waals surface area contributed by atoms with E-state index in [-0.39, 0.29) is 42.1 Å². The third-order valence-corrected chi connectivity index (χ3v) is 13.3. The number of nitrogens with one attached hydrogen (secondary N) is 1. The van der Waals surface area contributed by atoms with Gasteiger partial charge >= 0.3 is 0 Å². The molecule has 5 rings (SSSR count). The molecule has 1 fully saturated rings. The zero-order valence-electron chi connectivity index (χ0n) is 35.7. The van der Waals surface area contributed by atoms with Gasteiger partial charge in [0.05, 0.1) is 41.6 Å². The van der Waals surface area contributed by atoms with E-state index in [1.165, 1.54) is 24.3 Å². The second-order valence-electron chi connectivity index (χ2n) is 16.5. The van der Waals surface area contributed by atoms with Gasteiger partial charge < -0.3 is 44.9 Å². The number of carbonyl (C=O) groups excluding carboxylic acids is 1. The molecule has 342 valence electrons. The van der Waals surface area contributed by atoms with Gasteiger partial charge in [-0.2, -0.15) is 21.4 Å². The Labute approximate surface area is 363 Å². The lowest BCUT2D eigenvalue weighted by Crippen LogP contribution is -2.59. The molecule has 0 radical (unpaired) electrons. The first-order chi connectivity index (χ1) is 29.1. The number of ether oxygens (including phenoxy) is 3. The number of aliphatic hydroxyl groups is 4. The van der Waals surface area contributed by atoms with Crippen LogP contribution in [0, 0.1) is 0 Å². The van der Waals surface area contributed by atoms with Crippen molar-refractivity contribution in [3.8, 4) is 0 Å². The van der Waals surface area contributed by atoms with Crippen molar-refractivity contribution in [3.05, 3.63) is 83.6 Å². The van der Waals surface area contributed by atoms with Gasteiger partial charge in [0.1, 0.15) is 31.0 Å². The fourth-order valence-electron chi connectivity index (χ4n) is 8.18. The number of anilines is 1. The van der Waals surface area contributed by atoms with Crippen molar-refractivity contribution in [2.45, 2.75) is 112 Å². The molecule has 0 saturated carbocycles. The number of hydrogen-bond donors (Lipinski definition) is 7. The molecule has 0 aliphatic carbocycles. The molecule has 7 N–H and O–H groups in total. The minimum Gasteiger partial charge on any atom is -0.394 e. The highest BCUT2D eigenvalue weighted by atomic mass is 32.2. The van der Waals surface area contributed by atoms with Crippen LogP contribution in [0.2, 0.25) is 0 Å². The molecule has 0 spiro atoms. The summed E-state index contributed by atoms with van der Waals surface area (Å²) in [5, 5.41) is 41.9. The summed E-state index contributed by atoms with van der Waals surface area (Å²) in [6.45, 7) is 11.2. The zero-order chi connectivity index (χ0) is 45.6. The molecular weight excluding hydrogens is 847 g/mol. The number of allylic oxidation sites excluding steroid dienone is 6. The van der Waals surface area contributed by atoms with Gasteiger partial charge in [-0.25, -0.2) is 0 Å². The Morgan fingerprint density at radius 2 is 1.53 bits per heavy atom. The molecule has 0 bridgehead atoms. The Morgan fingerprint density at radius 1 is 0.855 bits per heavy atom. The molecule has 0 aromatic heterocycles. The minimum atomic E-state index is -4.44. The van der Waals surface area contributed by atoms with E-state index in [9.17, 15) is 51.2 Å². The number of amides is 1. The van der Waals surface area contributed by atoms with Crippen molar-refractivity contribution in [3.63, 3.8) is 0 Å². The number of unbranched alkanes of at least 4 members (excludes halogenated alkanes) is 2. The lowest BCUT2D eigenvalue weighted by molar-refractivity contribution is -0.438. The van der Waals surface area contributed by atoms with E-state index in [0.29, 0.717) is 25.9 Å². The number of aliphatic hydroxyl groups excluding tert-OH is 4. The van der Waals surface area contributed by atoms with Crippen LogP contribution in [0.4, 0.5) is 11.4 Å². The second-order valence-corrected chi connectivity index (χ2v) is 19.3. The number of rotatable bonds is 20. The summed E-state index contributed by atoms with van der Waals surface area (Å²) in [6, 6.07) is 9.22. The van der Waals surface area contributed by atoms with Gasteiger partial charge in [-0.15, -0.1) is 0 Å². The third kappa shape index (κ3) is 11.1. The molecule has 17 nitrogen and oxygen atoms in total. The maximum atomic E-state index is 12.5. The van der Waals surface area contributed by atoms with Crippen LogP contribution in [0.25, 0.3) is 0 Å². The Hall–Kier alpha value is -3.86. The summed E-state index contributed by atoms with van der Waals surface area (Å²) in [5.74, 6) is -0.136. The van der Waals surface area contributed by atoms with Gasteiger partial charge in [0, 0.05) is 60.4 Å². The van der Waals surface area contributed by atoms with Gasteiger partial charge in [-0.05, 0) is 75.6 Å². The average Bonchev–Trinajstić information content (AvgIpc) is 3.56. The van der Waals surface area contributed by atoms with Crippen LogP contribution < -0.4 is 10.2 Å². The highest BCUT2D eigenvalue weighted by Crippen LogP contribution is 2.48. The molecule has 1 saturated heterocycles. The van der Waals surface area contributed by atoms with Crippen molar-refractivity contribution in [2.24, 2.45) is 0 Å². The SMILES string of the molecule is CCN1\C(=C/C=C/C=C/C2=[N+](CCCCCC(=O)NCCOCCOC3O[C@H](CO)[C@@H](O)[C@H](O)[C@@H]3O)c3ccc(S(=O)(=O)O)cc3C2(C)C)C(C)(C)c2cc(S(=O)(=O)O)ccc21. The predicted molar refractivity (Wildman–Crippen MR) is 230 cm³/mol. The molecule has 2 aromatic rings. The second kappa shape index (κ2) is 20.3. The molecular formula is C43H60N3O14S2+. The van der Waals surface area contributed by atoms with E-state index in [1.807, 2.05) is 65.0 Å². The molecule has 2 aromatic carbocycles. The molecule has 3 heterocycles. The van der Waals surface area contributed by atoms with Crippen molar-refractivity contribution < 1.29 is 69.9 Å². The van der Waals surface area contributed by atoms with Crippen LogP contribution in [-0.4, -0.2) is 139 Å². The lowest BCUT2D eigenvalue weighted by atomic mass is 9.81. The molecule has 62 heavy (non-hydrogen) atoms. The van der Waals surface area contributed by atoms with Crippen LogP contribution in [0.15, 0.2) is 82.3 Å². The normalized spacial score (nSPS) is 24.1. The van der Waals surface area contributed by atoms with Crippen molar-refractivity contribution >= 4 is 43.2 Å². The average molecular weight is 907 g/mol. The quantitative estimate of drug-likeness (QED) is 0.0437. The monoisotopic (exact) mass is 906 g/mol. The molecule has 1 unspecified atom stereocenters. The Kier molecular flexibility index (Phi) is 16.1. The summed E-state index contributed by atoms with van der Waals surface area (Å²) in [4.78, 5) is 14.3. The van der Waals surface area contributed by atoms with E-state index in [4.69, 9.17) is 14.2 Å². The standard InChI is InChI=1S/C43H59N3O14S2/c1-6-45-32-18-16-28(61(52,53)54)25-30(32)42(2,3)35(45)13-9-7-10-14-36-43(4,5)31-26-29(62(55,56)57)17-19-33(31)46(36)21-12-8-11-15-37(48)44-20-22-58-23-24-59-41-40(51)39(50)38(49)34(27-47)60-41/h7,9-10,13-14,16-19,25-26,34,38-41,47,49-51H,6,8,11-12,15,20-24,27H2,1-5H3,(H2-,44,48,52,53,54,55,56,57)/p+1/t34-,38-,39+,40+,41?/m1/s1. The highest BCUT2D eigenvalue weighted by molar-refractivity contribution is 7.86. The first kappa shape index (κ1) is 49.2. The Bertz CT molecular complexity index is 2290. The van der Waals surface area contributed by atoms with Gasteiger partial charge in [-0.3, -0.25) is 13.9 Å². The summed E-state index contributed by atoms with van der Waals surface area (Å²) in [5.41, 5.74) is 3.89. The number of benzene rings is 2. The highest BCUT2D eigenvalue weighted by Gasteiger charge is 2.46. The third-order valence-electron chi connectivity index (χ3n) is 11.6. The number of carbonyl (C=O) groups is 1. The predicted octanol–water partition coefficient (Wildman–Crippen LogP) is 2.88. The van der Waals surface area contributed by atoms with Crippen LogP contribution in [0.5, 0.6) is 0 Å². The molecule has 19 heteroatoms. The summed E-state index contributed by atoms with van der Waals surface area (Å²) in [7, 11) is -8.81. The van der Waals surface area contributed by atoms with Gasteiger partial charge in [0.25, 0.3) is 20.2 Å². The fraction of sp³-hybridized carbons (Fsp3) is 0.535. The molecule has 3 aliphatic heterocycles. The Balaban J connectivity index is 1.16. The van der Waals surface area contributed by atoms with Crippen molar-refractivity contribution in [1.82, 2.24) is 5.32 Å². The van der Waals surface area contributed by atoms with Crippen LogP contribution in [-0.2, 0) is 50.1 Å². The molecule has 5 atom stereocenters. The number of fused-ring (bicyclic) bond motifs is 2. The number of likely N-dealkylation sites (N-methyl/N-ethyl adjacent to an activating group) is 1. The van der Waals surface area contributed by atoms with E-state index >= 15 is 0 Å². The minimum absolute atomic E-state index is 0.000711. The van der Waals surface area contributed by atoms with E-state index < -0.39 is 68.4 Å². The fourth-order valence-corrected chi connectivity index (χ4v) is 9.20. The summed E-state index contributed by atoms with van der Waals surface area (Å²) >= 11 is 0. The first-order valence-corrected chi connectivity index (χ1v) is 23.5. The van der Waals surface area contributed by atoms with E-state index in [0.717, 1.165) is 46.8 Å². The maximum absolute atomic E-state index is 12.5. The number of hydrogen-bond acceptors (Lipinski definition) is 13. The lowest BCUT2D eigenvalue weighted by Gasteiger charge is -2.39. The van der Waals surface area contributed by atoms with Crippen molar-refractivity contribution in [1.29, 1.82) is 0 Å². The smallest absolute Gasteiger partial charge is 0.294 e. The van der Waals surface area contributed by atoms with Crippen molar-refractivity contribution in [2.75, 3.05) is 51.0 Å². The molecule has 1 amide bonds. The largest absolute Gasteiger partial charge is 0.394 e. The van der Waals surface area contributed by atoms with Crippen LogP contribution >= 0.6 is 0 Å². The number of nitrogens with zero attached hydrogens (tertiary/aromatic N) is 2. The van der Waals surface area contributed by atoms with E-state index in [1.54, 1.807) is 12.1 Å². The van der Waals surface area contributed by atoms with Gasteiger partial charge in [0.15, 0.2) is 12.0 Å². The maximum Gasteiger partial charge on any atom is 0.294 e. The topological polar surface area (TPSA) is 253 Å². The summed E-state index contributed by atoms with van der Waals surface area (Å²) < 4.78 is 85.7.